The zero-order valence-electron chi connectivity index (χ0n) is 14.2. The fraction of sp³-hybridized carbons (Fsp3) is 0.222. The molecule has 0 spiro atoms. The lowest BCUT2D eigenvalue weighted by atomic mass is 10.1. The van der Waals surface area contributed by atoms with Gasteiger partial charge in [-0.15, -0.1) is 0 Å². The van der Waals surface area contributed by atoms with Crippen molar-refractivity contribution in [2.45, 2.75) is 13.0 Å². The van der Waals surface area contributed by atoms with Crippen LogP contribution in [0.1, 0.15) is 11.1 Å². The first kappa shape index (κ1) is 18.8. The Kier molecular flexibility index (Phi) is 5.62. The number of aromatic nitrogens is 1. The maximum atomic E-state index is 13.9. The lowest BCUT2D eigenvalue weighted by molar-refractivity contribution is 0.446. The van der Waals surface area contributed by atoms with Gasteiger partial charge in [0, 0.05) is 47.8 Å². The summed E-state index contributed by atoms with van der Waals surface area (Å²) in [4.78, 5) is 3.16. The quantitative estimate of drug-likeness (QED) is 0.643. The van der Waals surface area contributed by atoms with Gasteiger partial charge in [-0.1, -0.05) is 35.9 Å². The van der Waals surface area contributed by atoms with Crippen molar-refractivity contribution in [1.82, 2.24) is 14.0 Å². The highest BCUT2D eigenvalue weighted by Crippen LogP contribution is 2.21. The van der Waals surface area contributed by atoms with Gasteiger partial charge in [0.15, 0.2) is 0 Å². The van der Waals surface area contributed by atoms with Crippen LogP contribution in [0.15, 0.2) is 48.7 Å². The van der Waals surface area contributed by atoms with Crippen LogP contribution < -0.4 is 4.72 Å². The molecule has 0 atom stereocenters. The van der Waals surface area contributed by atoms with Gasteiger partial charge in [0.1, 0.15) is 5.82 Å². The second kappa shape index (κ2) is 7.75. The molecule has 138 valence electrons. The van der Waals surface area contributed by atoms with Crippen molar-refractivity contribution in [3.05, 3.63) is 70.6 Å². The number of rotatable bonds is 7. The fourth-order valence-corrected chi connectivity index (χ4v) is 3.86. The molecule has 0 bridgehead atoms. The molecule has 0 aliphatic rings. The van der Waals surface area contributed by atoms with E-state index in [2.05, 4.69) is 9.71 Å². The van der Waals surface area contributed by atoms with E-state index in [1.54, 1.807) is 0 Å². The van der Waals surface area contributed by atoms with Crippen molar-refractivity contribution in [3.8, 4) is 0 Å². The largest absolute Gasteiger partial charge is 0.361 e. The second-order valence-electron chi connectivity index (χ2n) is 5.97. The summed E-state index contributed by atoms with van der Waals surface area (Å²) in [6.07, 6.45) is 2.42. The van der Waals surface area contributed by atoms with Gasteiger partial charge >= 0.3 is 0 Å². The van der Waals surface area contributed by atoms with Crippen LogP contribution in [0, 0.1) is 5.82 Å². The van der Waals surface area contributed by atoms with Crippen LogP contribution in [-0.4, -0.2) is 31.3 Å². The molecule has 3 aromatic rings. The molecule has 0 aliphatic carbocycles. The lowest BCUT2D eigenvalue weighted by Crippen LogP contribution is -2.38. The van der Waals surface area contributed by atoms with E-state index in [0.29, 0.717) is 6.42 Å². The van der Waals surface area contributed by atoms with Crippen molar-refractivity contribution in [2.24, 2.45) is 0 Å². The maximum Gasteiger partial charge on any atom is 0.279 e. The van der Waals surface area contributed by atoms with Crippen molar-refractivity contribution < 1.29 is 12.8 Å². The molecule has 1 heterocycles. The van der Waals surface area contributed by atoms with Crippen LogP contribution in [0.25, 0.3) is 10.9 Å². The van der Waals surface area contributed by atoms with Crippen molar-refractivity contribution >= 4 is 32.7 Å². The normalized spacial score (nSPS) is 12.2. The molecule has 2 aromatic carbocycles. The summed E-state index contributed by atoms with van der Waals surface area (Å²) in [7, 11) is -2.36. The van der Waals surface area contributed by atoms with E-state index in [9.17, 15) is 12.8 Å². The number of para-hydroxylation sites is 1. The standard InChI is InChI=1S/C18H19ClFN3O2S/c1-23(12-15-16(19)6-4-7-17(15)20)26(24,25)22-10-9-13-11-21-18-8-3-2-5-14(13)18/h2-8,11,21-22H,9-10,12H2,1H3. The van der Waals surface area contributed by atoms with Crippen molar-refractivity contribution in [2.75, 3.05) is 13.6 Å². The number of fused-ring (bicyclic) bond motifs is 1. The molecule has 26 heavy (non-hydrogen) atoms. The highest BCUT2D eigenvalue weighted by molar-refractivity contribution is 7.87. The number of aromatic amines is 1. The summed E-state index contributed by atoms with van der Waals surface area (Å²) in [5.74, 6) is -0.529. The minimum Gasteiger partial charge on any atom is -0.361 e. The molecule has 8 heteroatoms. The van der Waals surface area contributed by atoms with Crippen LogP contribution in [0.5, 0.6) is 0 Å². The summed E-state index contributed by atoms with van der Waals surface area (Å²) >= 11 is 5.97. The number of hydrogen-bond acceptors (Lipinski definition) is 2. The SMILES string of the molecule is CN(Cc1c(F)cccc1Cl)S(=O)(=O)NCCc1c[nH]c2ccccc12. The van der Waals surface area contributed by atoms with Crippen LogP contribution >= 0.6 is 11.6 Å². The average Bonchev–Trinajstić information content (AvgIpc) is 3.01. The molecular weight excluding hydrogens is 377 g/mol. The van der Waals surface area contributed by atoms with Crippen LogP contribution in [-0.2, 0) is 23.2 Å². The van der Waals surface area contributed by atoms with E-state index < -0.39 is 16.0 Å². The van der Waals surface area contributed by atoms with Gasteiger partial charge in [0.05, 0.1) is 0 Å². The Labute approximate surface area is 157 Å². The fourth-order valence-electron chi connectivity index (χ4n) is 2.75. The third-order valence-corrected chi connectivity index (χ3v) is 6.08. The highest BCUT2D eigenvalue weighted by atomic mass is 35.5. The zero-order chi connectivity index (χ0) is 18.7. The predicted octanol–water partition coefficient (Wildman–Crippen LogP) is 3.47. The van der Waals surface area contributed by atoms with Gasteiger partial charge in [-0.3, -0.25) is 0 Å². The molecule has 0 fully saturated rings. The van der Waals surface area contributed by atoms with Gasteiger partial charge in [0.2, 0.25) is 0 Å². The Morgan fingerprint density at radius 1 is 1.19 bits per heavy atom. The third-order valence-electron chi connectivity index (χ3n) is 4.21. The number of nitrogens with one attached hydrogen (secondary N) is 2. The Morgan fingerprint density at radius 2 is 1.96 bits per heavy atom. The minimum absolute atomic E-state index is 0.145. The number of benzene rings is 2. The molecule has 0 saturated carbocycles. The van der Waals surface area contributed by atoms with E-state index in [-0.39, 0.29) is 23.7 Å². The zero-order valence-corrected chi connectivity index (χ0v) is 15.7. The molecule has 0 amide bonds. The third kappa shape index (κ3) is 4.07. The number of H-pyrrole nitrogens is 1. The first-order valence-electron chi connectivity index (χ1n) is 8.07. The summed E-state index contributed by atoms with van der Waals surface area (Å²) < 4.78 is 42.2. The molecule has 2 N–H and O–H groups in total. The Bertz CT molecular complexity index is 1000. The molecule has 0 radical (unpaired) electrons. The number of hydrogen-bond donors (Lipinski definition) is 2. The monoisotopic (exact) mass is 395 g/mol. The molecule has 5 nitrogen and oxygen atoms in total. The lowest BCUT2D eigenvalue weighted by Gasteiger charge is -2.18. The topological polar surface area (TPSA) is 65.2 Å². The molecule has 3 rings (SSSR count). The summed E-state index contributed by atoms with van der Waals surface area (Å²) in [6.45, 7) is 0.0907. The number of halogens is 2. The molecular formula is C18H19ClFN3O2S. The summed E-state index contributed by atoms with van der Waals surface area (Å²) in [5.41, 5.74) is 2.19. The Morgan fingerprint density at radius 3 is 2.73 bits per heavy atom. The second-order valence-corrected chi connectivity index (χ2v) is 8.23. The van der Waals surface area contributed by atoms with Crippen molar-refractivity contribution in [1.29, 1.82) is 0 Å². The predicted molar refractivity (Wildman–Crippen MR) is 102 cm³/mol. The Balaban J connectivity index is 1.63. The molecule has 0 saturated heterocycles. The highest BCUT2D eigenvalue weighted by Gasteiger charge is 2.20. The van der Waals surface area contributed by atoms with Gasteiger partial charge in [-0.05, 0) is 30.2 Å². The van der Waals surface area contributed by atoms with Gasteiger partial charge in [-0.2, -0.15) is 12.7 Å². The van der Waals surface area contributed by atoms with Crippen molar-refractivity contribution in [3.63, 3.8) is 0 Å². The smallest absolute Gasteiger partial charge is 0.279 e. The van der Waals surface area contributed by atoms with Gasteiger partial charge < -0.3 is 4.98 Å². The summed E-state index contributed by atoms with van der Waals surface area (Å²) in [5, 5.41) is 1.27. The minimum atomic E-state index is -3.75. The van der Waals surface area contributed by atoms with Crippen LogP contribution in [0.2, 0.25) is 5.02 Å². The average molecular weight is 396 g/mol. The Hall–Kier alpha value is -1.93. The van der Waals surface area contributed by atoms with E-state index >= 15 is 0 Å². The van der Waals surface area contributed by atoms with E-state index in [1.165, 1.54) is 25.2 Å². The van der Waals surface area contributed by atoms with Crippen LogP contribution in [0.3, 0.4) is 0 Å². The molecule has 0 unspecified atom stereocenters. The first-order chi connectivity index (χ1) is 12.4. The molecule has 0 aliphatic heterocycles. The van der Waals surface area contributed by atoms with E-state index in [0.717, 1.165) is 20.8 Å². The summed E-state index contributed by atoms with van der Waals surface area (Å²) in [6, 6.07) is 12.1. The maximum absolute atomic E-state index is 13.9. The van der Waals surface area contributed by atoms with Gasteiger partial charge in [-0.25, -0.2) is 9.11 Å². The van der Waals surface area contributed by atoms with Gasteiger partial charge in [0.25, 0.3) is 10.2 Å². The van der Waals surface area contributed by atoms with Crippen LogP contribution in [0.4, 0.5) is 4.39 Å². The molecule has 1 aromatic heterocycles. The number of nitrogens with zero attached hydrogens (tertiary/aromatic N) is 1. The van der Waals surface area contributed by atoms with E-state index in [1.807, 2.05) is 30.5 Å². The first-order valence-corrected chi connectivity index (χ1v) is 9.89. The van der Waals surface area contributed by atoms with E-state index in [4.69, 9.17) is 11.6 Å².